The van der Waals surface area contributed by atoms with Crippen LogP contribution in [0.5, 0.6) is 0 Å². The molecule has 0 bridgehead atoms. The van der Waals surface area contributed by atoms with Gasteiger partial charge in [-0.05, 0) is 37.8 Å². The zero-order chi connectivity index (χ0) is 12.2. The lowest BCUT2D eigenvalue weighted by molar-refractivity contribution is 0.186. The van der Waals surface area contributed by atoms with Crippen molar-refractivity contribution in [2.45, 2.75) is 25.7 Å². The van der Waals surface area contributed by atoms with E-state index < -0.39 is 0 Å². The standard InChI is InChI=1S/C14H22N4.HI/c1-4-13(5-1)12-17-8-3-9-18(11-10-17)14-15-6-2-7-16-14;/h2,6-7,13H,1,3-5,8-12H2;1H. The van der Waals surface area contributed by atoms with Crippen LogP contribution in [-0.2, 0) is 0 Å². The van der Waals surface area contributed by atoms with Gasteiger partial charge in [-0.1, -0.05) is 6.42 Å². The lowest BCUT2D eigenvalue weighted by Crippen LogP contribution is -2.36. The van der Waals surface area contributed by atoms with E-state index in [1.807, 2.05) is 18.5 Å². The molecule has 3 rings (SSSR count). The topological polar surface area (TPSA) is 32.3 Å². The van der Waals surface area contributed by atoms with Crippen molar-refractivity contribution in [2.75, 3.05) is 37.6 Å². The SMILES string of the molecule is I.c1cnc(N2CCCN(CC3CCC3)CC2)nc1. The minimum Gasteiger partial charge on any atom is -0.339 e. The molecule has 2 heterocycles. The van der Waals surface area contributed by atoms with Gasteiger partial charge < -0.3 is 9.80 Å². The molecular formula is C14H23IN4. The third-order valence-electron chi connectivity index (χ3n) is 4.16. The molecule has 19 heavy (non-hydrogen) atoms. The van der Waals surface area contributed by atoms with Crippen molar-refractivity contribution >= 4 is 29.9 Å². The molecule has 0 amide bonds. The van der Waals surface area contributed by atoms with E-state index in [2.05, 4.69) is 19.8 Å². The lowest BCUT2D eigenvalue weighted by atomic mass is 9.85. The second-order valence-corrected chi connectivity index (χ2v) is 5.49. The Morgan fingerprint density at radius 2 is 1.79 bits per heavy atom. The van der Waals surface area contributed by atoms with E-state index in [4.69, 9.17) is 0 Å². The van der Waals surface area contributed by atoms with Gasteiger partial charge in [0.1, 0.15) is 0 Å². The number of rotatable bonds is 3. The van der Waals surface area contributed by atoms with Gasteiger partial charge in [0.05, 0.1) is 0 Å². The first-order valence-electron chi connectivity index (χ1n) is 7.16. The van der Waals surface area contributed by atoms with Gasteiger partial charge in [-0.15, -0.1) is 24.0 Å². The van der Waals surface area contributed by atoms with Crippen LogP contribution in [-0.4, -0.2) is 47.6 Å². The monoisotopic (exact) mass is 374 g/mol. The average Bonchev–Trinajstić information content (AvgIpc) is 2.60. The van der Waals surface area contributed by atoms with Crippen molar-refractivity contribution in [1.82, 2.24) is 14.9 Å². The molecule has 0 unspecified atom stereocenters. The fourth-order valence-electron chi connectivity index (χ4n) is 2.85. The third kappa shape index (κ3) is 4.02. The van der Waals surface area contributed by atoms with Crippen LogP contribution in [0.15, 0.2) is 18.5 Å². The Bertz CT molecular complexity index is 369. The van der Waals surface area contributed by atoms with Crippen molar-refractivity contribution in [3.63, 3.8) is 0 Å². The first-order chi connectivity index (χ1) is 8.92. The van der Waals surface area contributed by atoms with Gasteiger partial charge in [0, 0.05) is 38.6 Å². The molecule has 2 fully saturated rings. The Hall–Kier alpha value is -0.430. The first-order valence-corrected chi connectivity index (χ1v) is 7.16. The van der Waals surface area contributed by atoms with Gasteiger partial charge in [-0.3, -0.25) is 0 Å². The van der Waals surface area contributed by atoms with E-state index in [9.17, 15) is 0 Å². The summed E-state index contributed by atoms with van der Waals surface area (Å²) >= 11 is 0. The second kappa shape index (κ2) is 7.38. The van der Waals surface area contributed by atoms with Crippen LogP contribution in [0.25, 0.3) is 0 Å². The Labute approximate surface area is 132 Å². The molecule has 0 spiro atoms. The molecule has 1 aliphatic heterocycles. The molecule has 4 nitrogen and oxygen atoms in total. The predicted octanol–water partition coefficient (Wildman–Crippen LogP) is 2.41. The third-order valence-corrected chi connectivity index (χ3v) is 4.16. The van der Waals surface area contributed by atoms with Crippen molar-refractivity contribution in [1.29, 1.82) is 0 Å². The number of anilines is 1. The minimum atomic E-state index is 0. The fourth-order valence-corrected chi connectivity index (χ4v) is 2.85. The van der Waals surface area contributed by atoms with Crippen LogP contribution in [0.1, 0.15) is 25.7 Å². The quantitative estimate of drug-likeness (QED) is 0.761. The molecule has 0 radical (unpaired) electrons. The summed E-state index contributed by atoms with van der Waals surface area (Å²) in [6.07, 6.45) is 9.23. The van der Waals surface area contributed by atoms with Crippen LogP contribution in [0.3, 0.4) is 0 Å². The number of aromatic nitrogens is 2. The molecule has 2 aliphatic rings. The molecule has 1 saturated carbocycles. The van der Waals surface area contributed by atoms with Gasteiger partial charge in [-0.2, -0.15) is 0 Å². The second-order valence-electron chi connectivity index (χ2n) is 5.49. The van der Waals surface area contributed by atoms with Crippen molar-refractivity contribution < 1.29 is 0 Å². The van der Waals surface area contributed by atoms with Crippen LogP contribution in [0.2, 0.25) is 0 Å². The van der Waals surface area contributed by atoms with Crippen molar-refractivity contribution in [2.24, 2.45) is 5.92 Å². The highest BCUT2D eigenvalue weighted by Gasteiger charge is 2.22. The van der Waals surface area contributed by atoms with Gasteiger partial charge in [0.25, 0.3) is 0 Å². The van der Waals surface area contributed by atoms with Gasteiger partial charge in [0.2, 0.25) is 5.95 Å². The maximum atomic E-state index is 4.35. The molecule has 0 atom stereocenters. The largest absolute Gasteiger partial charge is 0.339 e. The van der Waals surface area contributed by atoms with Crippen LogP contribution >= 0.6 is 24.0 Å². The highest BCUT2D eigenvalue weighted by Crippen LogP contribution is 2.27. The number of halogens is 1. The lowest BCUT2D eigenvalue weighted by Gasteiger charge is -2.31. The van der Waals surface area contributed by atoms with Gasteiger partial charge in [-0.25, -0.2) is 9.97 Å². The molecular weight excluding hydrogens is 351 g/mol. The molecule has 1 saturated heterocycles. The zero-order valence-electron chi connectivity index (χ0n) is 11.4. The first kappa shape index (κ1) is 15.0. The van der Waals surface area contributed by atoms with E-state index in [0.29, 0.717) is 0 Å². The van der Waals surface area contributed by atoms with Crippen molar-refractivity contribution in [3.05, 3.63) is 18.5 Å². The summed E-state index contributed by atoms with van der Waals surface area (Å²) in [6, 6.07) is 1.88. The molecule has 1 aromatic rings. The smallest absolute Gasteiger partial charge is 0.225 e. The molecule has 1 aromatic heterocycles. The summed E-state index contributed by atoms with van der Waals surface area (Å²) < 4.78 is 0. The average molecular weight is 374 g/mol. The van der Waals surface area contributed by atoms with Gasteiger partial charge >= 0.3 is 0 Å². The summed E-state index contributed by atoms with van der Waals surface area (Å²) in [7, 11) is 0. The summed E-state index contributed by atoms with van der Waals surface area (Å²) in [5, 5.41) is 0. The van der Waals surface area contributed by atoms with Crippen LogP contribution in [0.4, 0.5) is 5.95 Å². The molecule has 0 aromatic carbocycles. The summed E-state index contributed by atoms with van der Waals surface area (Å²) in [6.45, 7) is 5.86. The molecule has 1 aliphatic carbocycles. The molecule has 0 N–H and O–H groups in total. The Morgan fingerprint density at radius 3 is 2.47 bits per heavy atom. The zero-order valence-corrected chi connectivity index (χ0v) is 13.7. The number of hydrogen-bond donors (Lipinski definition) is 0. The fraction of sp³-hybridized carbons (Fsp3) is 0.714. The summed E-state index contributed by atoms with van der Waals surface area (Å²) in [5.74, 6) is 1.87. The maximum Gasteiger partial charge on any atom is 0.225 e. The normalized spacial score (nSPS) is 21.4. The van der Waals surface area contributed by atoms with E-state index in [-0.39, 0.29) is 24.0 Å². The van der Waals surface area contributed by atoms with E-state index in [1.54, 1.807) is 0 Å². The Kier molecular flexibility index (Phi) is 5.81. The predicted molar refractivity (Wildman–Crippen MR) is 88.1 cm³/mol. The van der Waals surface area contributed by atoms with Gasteiger partial charge in [0.15, 0.2) is 0 Å². The Morgan fingerprint density at radius 1 is 1.00 bits per heavy atom. The summed E-state index contributed by atoms with van der Waals surface area (Å²) in [5.41, 5.74) is 0. The highest BCUT2D eigenvalue weighted by molar-refractivity contribution is 14.0. The molecule has 106 valence electrons. The summed E-state index contributed by atoms with van der Waals surface area (Å²) in [4.78, 5) is 13.7. The minimum absolute atomic E-state index is 0. The van der Waals surface area contributed by atoms with E-state index in [1.165, 1.54) is 38.8 Å². The van der Waals surface area contributed by atoms with E-state index >= 15 is 0 Å². The van der Waals surface area contributed by atoms with Crippen LogP contribution < -0.4 is 4.90 Å². The van der Waals surface area contributed by atoms with E-state index in [0.717, 1.165) is 31.5 Å². The van der Waals surface area contributed by atoms with Crippen molar-refractivity contribution in [3.8, 4) is 0 Å². The number of hydrogen-bond acceptors (Lipinski definition) is 4. The molecule has 5 heteroatoms. The maximum absolute atomic E-state index is 4.35. The number of nitrogens with zero attached hydrogens (tertiary/aromatic N) is 4. The Balaban J connectivity index is 0.00000133. The van der Waals surface area contributed by atoms with Crippen LogP contribution in [0, 0.1) is 5.92 Å². The highest BCUT2D eigenvalue weighted by atomic mass is 127.